The Labute approximate surface area is 464 Å². The number of alkyl halides is 6. The van der Waals surface area contributed by atoms with Crippen molar-refractivity contribution in [1.82, 2.24) is 0 Å². The Kier molecular flexibility index (Phi) is 9.29. The summed E-state index contributed by atoms with van der Waals surface area (Å²) in [6.07, 6.45) is -9.31. The lowest BCUT2D eigenvalue weighted by atomic mass is 9.86. The van der Waals surface area contributed by atoms with Gasteiger partial charge in [-0.2, -0.15) is 26.3 Å². The van der Waals surface area contributed by atoms with E-state index in [4.69, 9.17) is 0 Å². The van der Waals surface area contributed by atoms with Crippen molar-refractivity contribution in [3.63, 3.8) is 0 Å². The maximum absolute atomic E-state index is 15.4. The minimum absolute atomic E-state index is 0.100. The second kappa shape index (κ2) is 16.1. The molecule has 16 aromatic carbocycles. The Bertz CT molecular complexity index is 5700. The lowest BCUT2D eigenvalue weighted by molar-refractivity contribution is -0.138. The van der Waals surface area contributed by atoms with Gasteiger partial charge < -0.3 is 0 Å². The van der Waals surface area contributed by atoms with E-state index >= 15 is 13.2 Å². The number of halogens is 6. The highest BCUT2D eigenvalue weighted by Gasteiger charge is 2.37. The molecule has 0 amide bonds. The fourth-order valence-corrected chi connectivity index (χ4v) is 15.4. The first-order valence-electron chi connectivity index (χ1n) is 27.7. The Morgan fingerprint density at radius 2 is 0.744 bits per heavy atom. The van der Waals surface area contributed by atoms with Crippen LogP contribution in [0.2, 0.25) is 0 Å². The fourth-order valence-electron chi connectivity index (χ4n) is 15.4. The highest BCUT2D eigenvalue weighted by atomic mass is 19.4. The van der Waals surface area contributed by atoms with Crippen LogP contribution in [0.4, 0.5) is 26.3 Å². The Hall–Kier alpha value is -9.52. The topological polar surface area (TPSA) is 0 Å². The summed E-state index contributed by atoms with van der Waals surface area (Å²) in [4.78, 5) is 0. The normalized spacial score (nSPS) is 13.0. The molecule has 0 nitrogen and oxygen atoms in total. The molecule has 82 heavy (non-hydrogen) atoms. The van der Waals surface area contributed by atoms with Crippen LogP contribution in [0, 0.1) is 48.6 Å². The summed E-state index contributed by atoms with van der Waals surface area (Å²) in [6.45, 7) is 7.72. The van der Waals surface area contributed by atoms with Crippen molar-refractivity contribution >= 4 is 108 Å². The number of fused-ring (bicyclic) bond motifs is 11. The average molecular weight is 1070 g/mol. The van der Waals surface area contributed by atoms with Crippen molar-refractivity contribution in [2.75, 3.05) is 0 Å². The molecule has 0 spiro atoms. The van der Waals surface area contributed by atoms with Crippen LogP contribution in [0.15, 0.2) is 194 Å². The van der Waals surface area contributed by atoms with E-state index in [1.54, 1.807) is 32.0 Å². The van der Waals surface area contributed by atoms with Gasteiger partial charge in [-0.25, -0.2) is 0 Å². The minimum atomic E-state index is -4.67. The number of aryl methyl sites for hydroxylation is 4. The standard InChI is InChI=1S/C76H44F6/c1-37-31-44(35-45(32-37)75(77,78)79)63-51-19-12-20-52-64-58(33-38(2)34-59(64)76(80,81)82)74(69(51)52)73-56-30-26-49-46-23-27-53-67-54(28-24-47(65(46)67)48-25-29-55(72(63)73)68(56)66(48)49)71-62(42-17-9-6-10-18-42)57-36-43(60-39(3)13-11-14-40(60)4)21-22-50(57)61(70(53)71)41-15-7-5-8-16-41/h5-36H,1-4H3. The van der Waals surface area contributed by atoms with Crippen molar-refractivity contribution in [3.8, 4) is 44.5 Å². The SMILES string of the molecule is Cc1cc(-c2c3cccc4c5c(C(F)(F)F)cc(C)cc5c(c34)c3c4ccc5c6ccc7c8c(ccc(c9ccc(c23)c4c95)c86)=c2c(-c3ccccc3)c3cc(-c4c(C)cccc4C)ccc3c(-c3ccccc3)c2=7)cc(C(F)(F)F)c1. The van der Waals surface area contributed by atoms with E-state index in [9.17, 15) is 13.2 Å². The molecule has 0 aromatic heterocycles. The van der Waals surface area contributed by atoms with Crippen LogP contribution < -0.4 is 0 Å². The monoisotopic (exact) mass is 1070 g/mol. The third-order valence-electron chi connectivity index (χ3n) is 18.3. The van der Waals surface area contributed by atoms with Crippen LogP contribution in [0.3, 0.4) is 0 Å². The van der Waals surface area contributed by atoms with Gasteiger partial charge in [0.1, 0.15) is 0 Å². The summed E-state index contributed by atoms with van der Waals surface area (Å²) >= 11 is 0. The molecule has 0 saturated heterocycles. The largest absolute Gasteiger partial charge is 0.417 e. The minimum Gasteiger partial charge on any atom is -0.166 e. The van der Waals surface area contributed by atoms with Gasteiger partial charge in [0.15, 0.2) is 0 Å². The maximum atomic E-state index is 15.4. The number of hydrogen-bond donors (Lipinski definition) is 0. The van der Waals surface area contributed by atoms with Gasteiger partial charge in [0.05, 0.1) is 11.1 Å². The molecular weight excluding hydrogens is 1030 g/mol. The number of benzene rings is 14. The van der Waals surface area contributed by atoms with Gasteiger partial charge in [0.25, 0.3) is 0 Å². The molecule has 390 valence electrons. The summed E-state index contributed by atoms with van der Waals surface area (Å²) < 4.78 is 90.8. The molecule has 0 fully saturated rings. The van der Waals surface area contributed by atoms with Crippen molar-refractivity contribution in [1.29, 1.82) is 0 Å². The van der Waals surface area contributed by atoms with Gasteiger partial charge in [-0.1, -0.05) is 170 Å². The summed E-state index contributed by atoms with van der Waals surface area (Å²) in [5.74, 6) is 0. The van der Waals surface area contributed by atoms with Gasteiger partial charge in [-0.3, -0.25) is 0 Å². The van der Waals surface area contributed by atoms with Crippen molar-refractivity contribution in [3.05, 3.63) is 248 Å². The molecule has 6 heteroatoms. The zero-order chi connectivity index (χ0) is 55.6. The Morgan fingerprint density at radius 1 is 0.256 bits per heavy atom. The molecule has 17 rings (SSSR count). The molecule has 0 unspecified atom stereocenters. The van der Waals surface area contributed by atoms with E-state index in [2.05, 4.69) is 159 Å². The first kappa shape index (κ1) is 47.3. The predicted molar refractivity (Wildman–Crippen MR) is 328 cm³/mol. The van der Waals surface area contributed by atoms with E-state index in [-0.39, 0.29) is 5.39 Å². The van der Waals surface area contributed by atoms with Crippen LogP contribution >= 0.6 is 0 Å². The third-order valence-corrected chi connectivity index (χ3v) is 18.3. The average Bonchev–Trinajstić information content (AvgIpc) is 1.58. The van der Waals surface area contributed by atoms with E-state index in [1.165, 1.54) is 72.1 Å². The third kappa shape index (κ3) is 6.14. The van der Waals surface area contributed by atoms with E-state index in [0.717, 1.165) is 86.9 Å². The van der Waals surface area contributed by atoms with Gasteiger partial charge in [0, 0.05) is 5.39 Å². The predicted octanol–water partition coefficient (Wildman–Crippen LogP) is 22.4. The van der Waals surface area contributed by atoms with Crippen LogP contribution in [-0.2, 0) is 12.4 Å². The number of hydrogen-bond acceptors (Lipinski definition) is 0. The summed E-state index contributed by atoms with van der Waals surface area (Å²) in [6, 6.07) is 65.3. The Morgan fingerprint density at radius 3 is 1.37 bits per heavy atom. The molecule has 0 N–H and O–H groups in total. The first-order valence-corrected chi connectivity index (χ1v) is 27.7. The molecule has 0 aliphatic heterocycles. The zero-order valence-corrected chi connectivity index (χ0v) is 44.7. The Balaban J connectivity index is 1.06. The van der Waals surface area contributed by atoms with Crippen LogP contribution in [0.5, 0.6) is 0 Å². The molecule has 0 atom stereocenters. The van der Waals surface area contributed by atoms with Crippen LogP contribution in [0.25, 0.3) is 152 Å². The highest BCUT2D eigenvalue weighted by molar-refractivity contribution is 6.51. The van der Waals surface area contributed by atoms with Crippen molar-refractivity contribution < 1.29 is 26.3 Å². The van der Waals surface area contributed by atoms with E-state index in [1.807, 2.05) is 12.1 Å². The maximum Gasteiger partial charge on any atom is 0.417 e. The van der Waals surface area contributed by atoms with Crippen molar-refractivity contribution in [2.45, 2.75) is 40.0 Å². The molecule has 1 aliphatic carbocycles. The van der Waals surface area contributed by atoms with Gasteiger partial charge >= 0.3 is 12.4 Å². The first-order chi connectivity index (χ1) is 39.6. The number of rotatable bonds is 4. The van der Waals surface area contributed by atoms with Gasteiger partial charge in [-0.15, -0.1) is 0 Å². The summed E-state index contributed by atoms with van der Waals surface area (Å²) in [5, 5.41) is 21.6. The van der Waals surface area contributed by atoms with Gasteiger partial charge in [-0.05, 0) is 242 Å². The molecule has 1 aliphatic rings. The second-order valence-electron chi connectivity index (χ2n) is 22.9. The molecule has 0 radical (unpaired) electrons. The lowest BCUT2D eigenvalue weighted by Crippen LogP contribution is -2.05. The fraction of sp³-hybridized carbons (Fsp3) is 0.0789. The molecule has 0 saturated carbocycles. The van der Waals surface area contributed by atoms with Crippen LogP contribution in [0.1, 0.15) is 33.4 Å². The summed E-state index contributed by atoms with van der Waals surface area (Å²) in [7, 11) is 0. The molecule has 0 bridgehead atoms. The van der Waals surface area contributed by atoms with Crippen molar-refractivity contribution in [2.24, 2.45) is 0 Å². The smallest absolute Gasteiger partial charge is 0.166 e. The molecular formula is C76H44F6. The molecule has 0 heterocycles. The quantitative estimate of drug-likeness (QED) is 0.0936. The summed E-state index contributed by atoms with van der Waals surface area (Å²) in [5.41, 5.74) is 9.78. The van der Waals surface area contributed by atoms with Crippen LogP contribution in [-0.4, -0.2) is 0 Å². The lowest BCUT2D eigenvalue weighted by Gasteiger charge is -2.17. The highest BCUT2D eigenvalue weighted by Crippen LogP contribution is 2.57. The molecule has 16 aromatic rings. The van der Waals surface area contributed by atoms with Gasteiger partial charge in [0.2, 0.25) is 0 Å². The van der Waals surface area contributed by atoms with E-state index < -0.39 is 23.5 Å². The van der Waals surface area contributed by atoms with E-state index in [0.29, 0.717) is 49.2 Å². The second-order valence-corrected chi connectivity index (χ2v) is 22.9. The zero-order valence-electron chi connectivity index (χ0n) is 44.7.